The van der Waals surface area contributed by atoms with Crippen molar-refractivity contribution in [3.05, 3.63) is 34.9 Å². The maximum atomic E-state index is 10.7. The van der Waals surface area contributed by atoms with E-state index in [0.29, 0.717) is 0 Å². The molecule has 0 heterocycles. The quantitative estimate of drug-likeness (QED) is 0.885. The molecule has 2 rings (SSSR count). The topological polar surface area (TPSA) is 40.5 Å². The molecule has 2 atom stereocenters. The molecular formula is C15H21ClO2. The molecule has 100 valence electrons. The molecule has 2 N–H and O–H groups in total. The molecule has 0 saturated heterocycles. The van der Waals surface area contributed by atoms with Crippen molar-refractivity contribution in [1.29, 1.82) is 0 Å². The van der Waals surface area contributed by atoms with Crippen LogP contribution in [0.5, 0.6) is 0 Å². The number of rotatable bonds is 3. The summed E-state index contributed by atoms with van der Waals surface area (Å²) >= 11 is 5.87. The number of benzene rings is 1. The van der Waals surface area contributed by atoms with Gasteiger partial charge in [-0.25, -0.2) is 0 Å². The van der Waals surface area contributed by atoms with Gasteiger partial charge in [0.15, 0.2) is 0 Å². The van der Waals surface area contributed by atoms with Crippen molar-refractivity contribution in [2.24, 2.45) is 11.3 Å². The Morgan fingerprint density at radius 2 is 1.89 bits per heavy atom. The van der Waals surface area contributed by atoms with E-state index in [1.54, 1.807) is 0 Å². The summed E-state index contributed by atoms with van der Waals surface area (Å²) in [7, 11) is 0. The minimum atomic E-state index is -0.980. The number of hydrogen-bond acceptors (Lipinski definition) is 2. The first-order valence-electron chi connectivity index (χ1n) is 6.47. The zero-order valence-electron chi connectivity index (χ0n) is 11.0. The van der Waals surface area contributed by atoms with E-state index >= 15 is 0 Å². The third kappa shape index (κ3) is 2.29. The molecule has 1 fully saturated rings. The molecule has 0 spiro atoms. The first kappa shape index (κ1) is 13.9. The second-order valence-electron chi connectivity index (χ2n) is 6.03. The van der Waals surface area contributed by atoms with Crippen LogP contribution in [0.1, 0.15) is 32.3 Å². The van der Waals surface area contributed by atoms with Gasteiger partial charge in [0.25, 0.3) is 0 Å². The summed E-state index contributed by atoms with van der Waals surface area (Å²) in [4.78, 5) is 0. The molecule has 0 amide bonds. The Morgan fingerprint density at radius 3 is 2.44 bits per heavy atom. The molecular weight excluding hydrogens is 248 g/mol. The maximum Gasteiger partial charge on any atom is 0.0958 e. The normalized spacial score (nSPS) is 30.6. The second-order valence-corrected chi connectivity index (χ2v) is 6.47. The van der Waals surface area contributed by atoms with E-state index in [1.165, 1.54) is 0 Å². The lowest BCUT2D eigenvalue weighted by Gasteiger charge is -2.39. The monoisotopic (exact) mass is 268 g/mol. The fraction of sp³-hybridized carbons (Fsp3) is 0.600. The van der Waals surface area contributed by atoms with E-state index in [4.69, 9.17) is 11.6 Å². The zero-order valence-corrected chi connectivity index (χ0v) is 11.7. The Labute approximate surface area is 114 Å². The molecule has 2 nitrogen and oxygen atoms in total. The van der Waals surface area contributed by atoms with E-state index in [2.05, 4.69) is 0 Å². The average Bonchev–Trinajstić information content (AvgIpc) is 2.56. The molecule has 0 aliphatic heterocycles. The number of hydrogen-bond donors (Lipinski definition) is 2. The minimum absolute atomic E-state index is 0.110. The molecule has 1 aromatic carbocycles. The highest BCUT2D eigenvalue weighted by Gasteiger charge is 2.53. The lowest BCUT2D eigenvalue weighted by Crippen LogP contribution is -2.49. The average molecular weight is 269 g/mol. The van der Waals surface area contributed by atoms with Crippen LogP contribution in [0, 0.1) is 11.3 Å². The van der Waals surface area contributed by atoms with Crippen LogP contribution in [0.2, 0.25) is 5.02 Å². The highest BCUT2D eigenvalue weighted by Crippen LogP contribution is 2.50. The molecule has 1 aromatic rings. The lowest BCUT2D eigenvalue weighted by atomic mass is 9.73. The van der Waals surface area contributed by atoms with Crippen LogP contribution < -0.4 is 0 Å². The fourth-order valence-electron chi connectivity index (χ4n) is 3.06. The lowest BCUT2D eigenvalue weighted by molar-refractivity contribution is -0.110. The van der Waals surface area contributed by atoms with Crippen LogP contribution in [-0.4, -0.2) is 22.4 Å². The standard InChI is InChI=1S/C15H21ClO2/c1-14(2)8-7-12(15(14,18)10-17)9-11-3-5-13(16)6-4-11/h3-6,12,17-18H,7-10H2,1-2H3/t12-,15-/m1/s1. The number of halogens is 1. The van der Waals surface area contributed by atoms with Gasteiger partial charge in [-0.1, -0.05) is 37.6 Å². The molecule has 18 heavy (non-hydrogen) atoms. The van der Waals surface area contributed by atoms with Crippen LogP contribution in [0.15, 0.2) is 24.3 Å². The third-order valence-electron chi connectivity index (χ3n) is 4.60. The number of aliphatic hydroxyl groups excluding tert-OH is 1. The largest absolute Gasteiger partial charge is 0.393 e. The fourth-order valence-corrected chi connectivity index (χ4v) is 3.19. The Morgan fingerprint density at radius 1 is 1.28 bits per heavy atom. The van der Waals surface area contributed by atoms with E-state index in [1.807, 2.05) is 38.1 Å². The molecule has 0 radical (unpaired) electrons. The Balaban J connectivity index is 2.17. The molecule has 0 aromatic heterocycles. The first-order valence-corrected chi connectivity index (χ1v) is 6.84. The highest BCUT2D eigenvalue weighted by molar-refractivity contribution is 6.30. The van der Waals surface area contributed by atoms with Gasteiger partial charge in [0.1, 0.15) is 0 Å². The van der Waals surface area contributed by atoms with Crippen LogP contribution in [-0.2, 0) is 6.42 Å². The van der Waals surface area contributed by atoms with Crippen molar-refractivity contribution in [1.82, 2.24) is 0 Å². The van der Waals surface area contributed by atoms with Crippen molar-refractivity contribution >= 4 is 11.6 Å². The van der Waals surface area contributed by atoms with Crippen molar-refractivity contribution < 1.29 is 10.2 Å². The maximum absolute atomic E-state index is 10.7. The van der Waals surface area contributed by atoms with Crippen molar-refractivity contribution in [2.75, 3.05) is 6.61 Å². The van der Waals surface area contributed by atoms with Gasteiger partial charge in [-0.15, -0.1) is 0 Å². The minimum Gasteiger partial charge on any atom is -0.393 e. The third-order valence-corrected chi connectivity index (χ3v) is 4.85. The van der Waals surface area contributed by atoms with Crippen LogP contribution >= 0.6 is 11.6 Å². The van der Waals surface area contributed by atoms with Gasteiger partial charge in [0, 0.05) is 5.02 Å². The molecule has 1 aliphatic carbocycles. The van der Waals surface area contributed by atoms with Crippen molar-refractivity contribution in [2.45, 2.75) is 38.7 Å². The van der Waals surface area contributed by atoms with Crippen molar-refractivity contribution in [3.8, 4) is 0 Å². The Hall–Kier alpha value is -0.570. The Kier molecular flexibility index (Phi) is 3.72. The summed E-state index contributed by atoms with van der Waals surface area (Å²) in [5.41, 5.74) is -0.0418. The summed E-state index contributed by atoms with van der Waals surface area (Å²) in [5, 5.41) is 21.0. The van der Waals surface area contributed by atoms with Gasteiger partial charge in [0.2, 0.25) is 0 Å². The van der Waals surface area contributed by atoms with Gasteiger partial charge in [-0.2, -0.15) is 0 Å². The van der Waals surface area contributed by atoms with Crippen molar-refractivity contribution in [3.63, 3.8) is 0 Å². The van der Waals surface area contributed by atoms with Crippen LogP contribution in [0.3, 0.4) is 0 Å². The van der Waals surface area contributed by atoms with E-state index in [0.717, 1.165) is 29.8 Å². The first-order chi connectivity index (χ1) is 8.39. The predicted octanol–water partition coefficient (Wildman–Crippen LogP) is 3.04. The SMILES string of the molecule is CC1(C)CC[C@H](Cc2ccc(Cl)cc2)[C@]1(O)CO. The van der Waals surface area contributed by atoms with Crippen LogP contribution in [0.25, 0.3) is 0 Å². The summed E-state index contributed by atoms with van der Waals surface area (Å²) in [6.07, 6.45) is 2.69. The summed E-state index contributed by atoms with van der Waals surface area (Å²) < 4.78 is 0. The highest BCUT2D eigenvalue weighted by atomic mass is 35.5. The van der Waals surface area contributed by atoms with E-state index in [9.17, 15) is 10.2 Å². The summed E-state index contributed by atoms with van der Waals surface area (Å²) in [6.45, 7) is 3.90. The second kappa shape index (κ2) is 4.84. The Bertz CT molecular complexity index is 413. The smallest absolute Gasteiger partial charge is 0.0958 e. The molecule has 0 unspecified atom stereocenters. The van der Waals surface area contributed by atoms with E-state index in [-0.39, 0.29) is 17.9 Å². The zero-order chi connectivity index (χ0) is 13.4. The van der Waals surface area contributed by atoms with Gasteiger partial charge < -0.3 is 10.2 Å². The molecule has 0 bridgehead atoms. The van der Waals surface area contributed by atoms with Gasteiger partial charge >= 0.3 is 0 Å². The predicted molar refractivity (Wildman–Crippen MR) is 73.7 cm³/mol. The summed E-state index contributed by atoms with van der Waals surface area (Å²) in [5.74, 6) is 0.110. The van der Waals surface area contributed by atoms with Gasteiger partial charge in [-0.3, -0.25) is 0 Å². The number of aliphatic hydroxyl groups is 2. The van der Waals surface area contributed by atoms with Gasteiger partial charge in [-0.05, 0) is 48.3 Å². The molecule has 1 aliphatic rings. The van der Waals surface area contributed by atoms with Gasteiger partial charge in [0.05, 0.1) is 12.2 Å². The molecule has 3 heteroatoms. The summed E-state index contributed by atoms with van der Waals surface area (Å²) in [6, 6.07) is 7.72. The van der Waals surface area contributed by atoms with Crippen LogP contribution in [0.4, 0.5) is 0 Å². The molecule has 1 saturated carbocycles. The van der Waals surface area contributed by atoms with E-state index < -0.39 is 5.60 Å².